The average Bonchev–Trinajstić information content (AvgIpc) is 3.42. The summed E-state index contributed by atoms with van der Waals surface area (Å²) in [6, 6.07) is 17.6. The lowest BCUT2D eigenvalue weighted by Gasteiger charge is -2.41. The smallest absolute Gasteiger partial charge is 0.0562 e. The van der Waals surface area contributed by atoms with Crippen LogP contribution in [-0.2, 0) is 4.74 Å². The van der Waals surface area contributed by atoms with Crippen LogP contribution in [0.5, 0.6) is 0 Å². The molecule has 1 aliphatic carbocycles. The Bertz CT molecular complexity index is 1240. The largest absolute Gasteiger partial charge is 0.384 e. The predicted molar refractivity (Wildman–Crippen MR) is 126 cm³/mol. The summed E-state index contributed by atoms with van der Waals surface area (Å²) in [6.45, 7) is 2.96. The summed E-state index contributed by atoms with van der Waals surface area (Å²) in [5, 5.41) is 2.50. The van der Waals surface area contributed by atoms with Crippen molar-refractivity contribution in [2.75, 3.05) is 13.7 Å². The zero-order chi connectivity index (χ0) is 20.6. The Hall–Kier alpha value is -3.04. The molecule has 2 aromatic carbocycles. The van der Waals surface area contributed by atoms with E-state index >= 15 is 0 Å². The first-order chi connectivity index (χ1) is 14.7. The maximum absolute atomic E-state index is 5.80. The van der Waals surface area contributed by atoms with E-state index in [1.807, 2.05) is 19.5 Å². The van der Waals surface area contributed by atoms with Crippen molar-refractivity contribution in [3.63, 3.8) is 0 Å². The third-order valence-electron chi connectivity index (χ3n) is 6.59. The first-order valence-electron chi connectivity index (χ1n) is 10.7. The van der Waals surface area contributed by atoms with Gasteiger partial charge in [-0.15, -0.1) is 0 Å². The molecule has 2 atom stereocenters. The molecule has 0 saturated carbocycles. The fraction of sp³-hybridized carbons (Fsp3) is 0.259. The van der Waals surface area contributed by atoms with Gasteiger partial charge in [0, 0.05) is 41.9 Å². The third kappa shape index (κ3) is 3.40. The van der Waals surface area contributed by atoms with E-state index in [4.69, 9.17) is 4.74 Å². The lowest BCUT2D eigenvalue weighted by molar-refractivity contribution is 0.0920. The number of allylic oxidation sites excluding steroid dienone is 2. The van der Waals surface area contributed by atoms with E-state index in [1.54, 1.807) is 0 Å². The summed E-state index contributed by atoms with van der Waals surface area (Å²) in [4.78, 5) is 6.58. The molecule has 0 fully saturated rings. The molecular formula is C27H28N2O. The molecule has 5 rings (SSSR count). The molecule has 1 aliphatic rings. The second-order valence-electron chi connectivity index (χ2n) is 8.64. The van der Waals surface area contributed by atoms with Crippen molar-refractivity contribution in [1.82, 2.24) is 9.97 Å². The number of rotatable bonds is 5. The SMILES string of the molecule is COC[C@]1(C=Cc2ccc3[nH]ccc3c2)CCC(C)=C[C@@H]1c1ccc2[nH]ccc2c1. The summed E-state index contributed by atoms with van der Waals surface area (Å²) >= 11 is 0. The molecule has 0 amide bonds. The van der Waals surface area contributed by atoms with Gasteiger partial charge in [0.2, 0.25) is 0 Å². The van der Waals surface area contributed by atoms with Gasteiger partial charge >= 0.3 is 0 Å². The molecule has 0 aliphatic heterocycles. The molecule has 3 heteroatoms. The van der Waals surface area contributed by atoms with E-state index in [9.17, 15) is 0 Å². The lowest BCUT2D eigenvalue weighted by Crippen LogP contribution is -2.33. The van der Waals surface area contributed by atoms with Gasteiger partial charge in [-0.3, -0.25) is 0 Å². The van der Waals surface area contributed by atoms with E-state index in [2.05, 4.69) is 83.7 Å². The number of H-pyrrole nitrogens is 2. The quantitative estimate of drug-likeness (QED) is 0.357. The van der Waals surface area contributed by atoms with Crippen molar-refractivity contribution in [3.8, 4) is 0 Å². The maximum Gasteiger partial charge on any atom is 0.0562 e. The molecule has 3 nitrogen and oxygen atoms in total. The molecule has 0 saturated heterocycles. The normalized spacial score (nSPS) is 22.2. The Labute approximate surface area is 177 Å². The first-order valence-corrected chi connectivity index (χ1v) is 10.7. The van der Waals surface area contributed by atoms with Crippen LogP contribution in [0.1, 0.15) is 36.8 Å². The van der Waals surface area contributed by atoms with Crippen molar-refractivity contribution < 1.29 is 4.74 Å². The van der Waals surface area contributed by atoms with Crippen molar-refractivity contribution in [1.29, 1.82) is 0 Å². The fourth-order valence-corrected chi connectivity index (χ4v) is 4.92. The number of aromatic amines is 2. The van der Waals surface area contributed by atoms with Gasteiger partial charge in [0.25, 0.3) is 0 Å². The van der Waals surface area contributed by atoms with Crippen LogP contribution in [0.3, 0.4) is 0 Å². The van der Waals surface area contributed by atoms with Crippen LogP contribution in [0.4, 0.5) is 0 Å². The monoisotopic (exact) mass is 396 g/mol. The summed E-state index contributed by atoms with van der Waals surface area (Å²) in [7, 11) is 1.82. The molecule has 2 aromatic heterocycles. The van der Waals surface area contributed by atoms with Crippen LogP contribution in [0, 0.1) is 5.41 Å². The van der Waals surface area contributed by atoms with E-state index < -0.39 is 0 Å². The summed E-state index contributed by atoms with van der Waals surface area (Å²) in [6.07, 6.45) is 13.3. The molecule has 0 radical (unpaired) electrons. The number of benzene rings is 2. The second kappa shape index (κ2) is 7.66. The van der Waals surface area contributed by atoms with E-state index in [-0.39, 0.29) is 11.3 Å². The summed E-state index contributed by atoms with van der Waals surface area (Å²) < 4.78 is 5.80. The summed E-state index contributed by atoms with van der Waals surface area (Å²) in [5.41, 5.74) is 6.33. The molecular weight excluding hydrogens is 368 g/mol. The molecule has 2 heterocycles. The van der Waals surface area contributed by atoms with Gasteiger partial charge in [-0.2, -0.15) is 0 Å². The number of hydrogen-bond acceptors (Lipinski definition) is 1. The van der Waals surface area contributed by atoms with Crippen LogP contribution in [0.25, 0.3) is 27.9 Å². The van der Waals surface area contributed by atoms with Crippen LogP contribution < -0.4 is 0 Å². The average molecular weight is 397 g/mol. The predicted octanol–water partition coefficient (Wildman–Crippen LogP) is 6.82. The standard InChI is InChI=1S/C27H28N2O/c1-19-7-11-27(18-30-2,12-8-20-3-5-25-22(16-20)9-13-28-25)24(15-19)21-4-6-26-23(17-21)10-14-29-26/h3-6,8-10,12-17,24,28-29H,7,11,18H2,1-2H3/t24-,27-/m1/s1. The van der Waals surface area contributed by atoms with Gasteiger partial charge in [-0.1, -0.05) is 35.9 Å². The number of fused-ring (bicyclic) bond motifs is 2. The van der Waals surface area contributed by atoms with Crippen molar-refractivity contribution >= 4 is 27.9 Å². The lowest BCUT2D eigenvalue weighted by atomic mass is 9.65. The highest BCUT2D eigenvalue weighted by molar-refractivity contribution is 5.82. The number of methoxy groups -OCH3 is 1. The van der Waals surface area contributed by atoms with E-state index in [0.29, 0.717) is 6.61 Å². The van der Waals surface area contributed by atoms with E-state index in [0.717, 1.165) is 12.8 Å². The zero-order valence-corrected chi connectivity index (χ0v) is 17.6. The topological polar surface area (TPSA) is 40.8 Å². The van der Waals surface area contributed by atoms with Crippen molar-refractivity contribution in [3.05, 3.63) is 89.8 Å². The maximum atomic E-state index is 5.80. The van der Waals surface area contributed by atoms with Crippen LogP contribution in [0.15, 0.2) is 78.6 Å². The molecule has 30 heavy (non-hydrogen) atoms. The minimum absolute atomic E-state index is 0.0641. The molecule has 152 valence electrons. The number of nitrogens with one attached hydrogen (secondary N) is 2. The van der Waals surface area contributed by atoms with Gasteiger partial charge in [-0.25, -0.2) is 0 Å². The number of aromatic nitrogens is 2. The van der Waals surface area contributed by atoms with Crippen molar-refractivity contribution in [2.45, 2.75) is 25.7 Å². The minimum Gasteiger partial charge on any atom is -0.384 e. The van der Waals surface area contributed by atoms with Gasteiger partial charge in [0.1, 0.15) is 0 Å². The number of hydrogen-bond donors (Lipinski definition) is 2. The van der Waals surface area contributed by atoms with Crippen LogP contribution >= 0.6 is 0 Å². The Morgan fingerprint density at radius 1 is 1.00 bits per heavy atom. The molecule has 0 spiro atoms. The van der Waals surface area contributed by atoms with E-state index in [1.165, 1.54) is 38.5 Å². The zero-order valence-electron chi connectivity index (χ0n) is 17.6. The molecule has 0 unspecified atom stereocenters. The Morgan fingerprint density at radius 2 is 1.73 bits per heavy atom. The first kappa shape index (κ1) is 19.0. The van der Waals surface area contributed by atoms with Gasteiger partial charge in [0.05, 0.1) is 6.61 Å². The molecule has 2 N–H and O–H groups in total. The van der Waals surface area contributed by atoms with Crippen LogP contribution in [-0.4, -0.2) is 23.7 Å². The third-order valence-corrected chi connectivity index (χ3v) is 6.59. The highest BCUT2D eigenvalue weighted by atomic mass is 16.5. The fourth-order valence-electron chi connectivity index (χ4n) is 4.92. The number of ether oxygens (including phenoxy) is 1. The van der Waals surface area contributed by atoms with Gasteiger partial charge < -0.3 is 14.7 Å². The van der Waals surface area contributed by atoms with Gasteiger partial charge in [0.15, 0.2) is 0 Å². The summed E-state index contributed by atoms with van der Waals surface area (Å²) in [5.74, 6) is 0.290. The van der Waals surface area contributed by atoms with Crippen molar-refractivity contribution in [2.24, 2.45) is 5.41 Å². The van der Waals surface area contributed by atoms with Gasteiger partial charge in [-0.05, 0) is 78.1 Å². The van der Waals surface area contributed by atoms with Crippen LogP contribution in [0.2, 0.25) is 0 Å². The highest BCUT2D eigenvalue weighted by Crippen LogP contribution is 2.48. The molecule has 0 bridgehead atoms. The Kier molecular flexibility index (Phi) is 4.84. The molecule has 4 aromatic rings. The Balaban J connectivity index is 1.57. The minimum atomic E-state index is -0.0641. The highest BCUT2D eigenvalue weighted by Gasteiger charge is 2.38. The Morgan fingerprint density at radius 3 is 2.50 bits per heavy atom. The second-order valence-corrected chi connectivity index (χ2v) is 8.64.